The Kier molecular flexibility index (Phi) is 4.28. The summed E-state index contributed by atoms with van der Waals surface area (Å²) in [7, 11) is 0. The number of halogens is 3. The fraction of sp³-hybridized carbons (Fsp3) is 0.500. The van der Waals surface area contributed by atoms with Gasteiger partial charge in [0.1, 0.15) is 6.73 Å². The monoisotopic (exact) mass is 244 g/mol. The van der Waals surface area contributed by atoms with Crippen molar-refractivity contribution >= 4 is 34.8 Å². The summed E-state index contributed by atoms with van der Waals surface area (Å²) in [4.78, 5) is 3.71. The molecule has 0 radical (unpaired) electrons. The van der Waals surface area contributed by atoms with Crippen LogP contribution in [0.25, 0.3) is 0 Å². The van der Waals surface area contributed by atoms with Gasteiger partial charge in [-0.2, -0.15) is 0 Å². The molecule has 0 amide bonds. The zero-order valence-electron chi connectivity index (χ0n) is 6.51. The van der Waals surface area contributed by atoms with Crippen molar-refractivity contribution in [1.82, 2.24) is 9.55 Å². The molecule has 0 saturated carbocycles. The standard InChI is InChI=1S/C6H7Cl3N2O2/c7-4-5(8)11(6(9)10-4)3-13-2-1-12/h12H,1-3H2. The van der Waals surface area contributed by atoms with E-state index in [1.807, 2.05) is 0 Å². The lowest BCUT2D eigenvalue weighted by atomic mass is 10.8. The van der Waals surface area contributed by atoms with Crippen LogP contribution >= 0.6 is 34.8 Å². The molecule has 74 valence electrons. The molecule has 4 nitrogen and oxygen atoms in total. The number of nitrogens with zero attached hydrogens (tertiary/aromatic N) is 2. The summed E-state index contributed by atoms with van der Waals surface area (Å²) in [5, 5.41) is 8.97. The van der Waals surface area contributed by atoms with Crippen LogP contribution in [0.2, 0.25) is 15.6 Å². The summed E-state index contributed by atoms with van der Waals surface area (Å²) in [6.45, 7) is 0.276. The topological polar surface area (TPSA) is 47.3 Å². The van der Waals surface area contributed by atoms with Crippen molar-refractivity contribution in [2.45, 2.75) is 6.73 Å². The molecule has 1 N–H and O–H groups in total. The zero-order chi connectivity index (χ0) is 9.84. The molecule has 1 heterocycles. The van der Waals surface area contributed by atoms with Crippen molar-refractivity contribution in [3.63, 3.8) is 0 Å². The Morgan fingerprint density at radius 1 is 1.38 bits per heavy atom. The van der Waals surface area contributed by atoms with Gasteiger partial charge in [0.15, 0.2) is 10.3 Å². The zero-order valence-corrected chi connectivity index (χ0v) is 8.77. The van der Waals surface area contributed by atoms with Crippen LogP contribution in [0.3, 0.4) is 0 Å². The highest BCUT2D eigenvalue weighted by Gasteiger charge is 2.11. The minimum Gasteiger partial charge on any atom is -0.394 e. The summed E-state index contributed by atoms with van der Waals surface area (Å²) in [5.41, 5.74) is 0. The van der Waals surface area contributed by atoms with Crippen molar-refractivity contribution in [1.29, 1.82) is 0 Å². The molecule has 0 aliphatic rings. The predicted molar refractivity (Wildman–Crippen MR) is 50.3 cm³/mol. The smallest absolute Gasteiger partial charge is 0.207 e. The first kappa shape index (κ1) is 11.1. The third kappa shape index (κ3) is 2.72. The Hall–Kier alpha value is -0.000000000000000111. The normalized spacial score (nSPS) is 10.8. The number of imidazole rings is 1. The van der Waals surface area contributed by atoms with Crippen molar-refractivity contribution in [2.24, 2.45) is 0 Å². The number of aromatic nitrogens is 2. The fourth-order valence-electron chi connectivity index (χ4n) is 0.710. The van der Waals surface area contributed by atoms with Crippen molar-refractivity contribution in [3.8, 4) is 0 Å². The Morgan fingerprint density at radius 2 is 2.08 bits per heavy atom. The second-order valence-corrected chi connectivity index (χ2v) is 3.21. The molecule has 0 bridgehead atoms. The average molecular weight is 245 g/mol. The quantitative estimate of drug-likeness (QED) is 0.823. The van der Waals surface area contributed by atoms with Crippen LogP contribution in [0.15, 0.2) is 0 Å². The van der Waals surface area contributed by atoms with Gasteiger partial charge in [-0.15, -0.1) is 0 Å². The molecule has 0 unspecified atom stereocenters. The van der Waals surface area contributed by atoms with E-state index in [0.29, 0.717) is 0 Å². The molecule has 7 heteroatoms. The van der Waals surface area contributed by atoms with Gasteiger partial charge in [0.05, 0.1) is 13.2 Å². The molecule has 0 aliphatic carbocycles. The van der Waals surface area contributed by atoms with Crippen molar-refractivity contribution in [2.75, 3.05) is 13.2 Å². The molecular weight excluding hydrogens is 238 g/mol. The maximum atomic E-state index is 8.45. The van der Waals surface area contributed by atoms with E-state index in [0.717, 1.165) is 0 Å². The van der Waals surface area contributed by atoms with Crippen LogP contribution in [-0.4, -0.2) is 27.9 Å². The number of hydrogen-bond donors (Lipinski definition) is 1. The van der Waals surface area contributed by atoms with E-state index in [4.69, 9.17) is 44.6 Å². The van der Waals surface area contributed by atoms with E-state index in [1.54, 1.807) is 0 Å². The molecule has 0 fully saturated rings. The van der Waals surface area contributed by atoms with Gasteiger partial charge in [-0.05, 0) is 11.6 Å². The van der Waals surface area contributed by atoms with Gasteiger partial charge in [-0.1, -0.05) is 23.2 Å². The summed E-state index contributed by atoms with van der Waals surface area (Å²) in [6, 6.07) is 0. The summed E-state index contributed by atoms with van der Waals surface area (Å²) in [5.74, 6) is 0. The van der Waals surface area contributed by atoms with E-state index in [2.05, 4.69) is 4.98 Å². The Labute approximate surface area is 90.0 Å². The van der Waals surface area contributed by atoms with Crippen LogP contribution in [-0.2, 0) is 11.5 Å². The van der Waals surface area contributed by atoms with Crippen LogP contribution in [0.1, 0.15) is 0 Å². The molecule has 0 spiro atoms. The highest BCUT2D eigenvalue weighted by molar-refractivity contribution is 6.41. The van der Waals surface area contributed by atoms with Crippen LogP contribution in [0, 0.1) is 0 Å². The second-order valence-electron chi connectivity index (χ2n) is 2.15. The highest BCUT2D eigenvalue weighted by atomic mass is 35.5. The van der Waals surface area contributed by atoms with Gasteiger partial charge >= 0.3 is 0 Å². The van der Waals surface area contributed by atoms with E-state index in [1.165, 1.54) is 4.57 Å². The third-order valence-corrected chi connectivity index (χ3v) is 2.31. The Morgan fingerprint density at radius 3 is 2.54 bits per heavy atom. The van der Waals surface area contributed by atoms with Crippen LogP contribution in [0.4, 0.5) is 0 Å². The second kappa shape index (κ2) is 5.02. The molecular formula is C6H7Cl3N2O2. The molecule has 0 aromatic carbocycles. The first-order chi connectivity index (χ1) is 6.16. The Bertz CT molecular complexity index is 290. The average Bonchev–Trinajstić information content (AvgIpc) is 2.32. The van der Waals surface area contributed by atoms with Gasteiger partial charge in [0.25, 0.3) is 0 Å². The van der Waals surface area contributed by atoms with E-state index in [-0.39, 0.29) is 35.5 Å². The molecule has 1 aromatic rings. The minimum absolute atomic E-state index is 0.0579. The summed E-state index contributed by atoms with van der Waals surface area (Å²) < 4.78 is 6.38. The van der Waals surface area contributed by atoms with Gasteiger partial charge in [0.2, 0.25) is 5.28 Å². The van der Waals surface area contributed by atoms with Crippen LogP contribution in [0.5, 0.6) is 0 Å². The lowest BCUT2D eigenvalue weighted by Gasteiger charge is -2.04. The maximum absolute atomic E-state index is 8.45. The minimum atomic E-state index is -0.0579. The van der Waals surface area contributed by atoms with E-state index in [9.17, 15) is 0 Å². The van der Waals surface area contributed by atoms with Crippen LogP contribution < -0.4 is 0 Å². The SMILES string of the molecule is OCCOCn1c(Cl)nc(Cl)c1Cl. The molecule has 13 heavy (non-hydrogen) atoms. The first-order valence-corrected chi connectivity index (χ1v) is 4.56. The highest BCUT2D eigenvalue weighted by Crippen LogP contribution is 2.25. The number of rotatable bonds is 4. The van der Waals surface area contributed by atoms with Gasteiger partial charge < -0.3 is 9.84 Å². The summed E-state index contributed by atoms with van der Waals surface area (Å²) >= 11 is 17.0. The van der Waals surface area contributed by atoms with Crippen molar-refractivity contribution < 1.29 is 9.84 Å². The predicted octanol–water partition coefficient (Wildman–Crippen LogP) is 1.81. The number of aliphatic hydroxyl groups is 1. The van der Waals surface area contributed by atoms with E-state index >= 15 is 0 Å². The Balaban J connectivity index is 2.64. The lowest BCUT2D eigenvalue weighted by Crippen LogP contribution is -2.06. The van der Waals surface area contributed by atoms with E-state index < -0.39 is 0 Å². The first-order valence-electron chi connectivity index (χ1n) is 3.42. The van der Waals surface area contributed by atoms with Gasteiger partial charge in [-0.3, -0.25) is 4.57 Å². The number of aliphatic hydroxyl groups excluding tert-OH is 1. The van der Waals surface area contributed by atoms with Gasteiger partial charge in [0, 0.05) is 0 Å². The number of ether oxygens (including phenoxy) is 1. The number of hydrogen-bond acceptors (Lipinski definition) is 3. The summed E-state index contributed by atoms with van der Waals surface area (Å²) in [6.07, 6.45) is 0. The third-order valence-electron chi connectivity index (χ3n) is 1.28. The largest absolute Gasteiger partial charge is 0.394 e. The maximum Gasteiger partial charge on any atom is 0.207 e. The fourth-order valence-corrected chi connectivity index (χ4v) is 1.37. The molecule has 0 aliphatic heterocycles. The lowest BCUT2D eigenvalue weighted by molar-refractivity contribution is 0.0484. The van der Waals surface area contributed by atoms with Crippen molar-refractivity contribution in [3.05, 3.63) is 15.6 Å². The molecule has 1 rings (SSSR count). The van der Waals surface area contributed by atoms with Gasteiger partial charge in [-0.25, -0.2) is 4.98 Å². The molecule has 0 saturated heterocycles. The molecule has 0 atom stereocenters. The molecule has 1 aromatic heterocycles.